The number of aromatic carboxylic acids is 1. The van der Waals surface area contributed by atoms with Crippen LogP contribution in [0.5, 0.6) is 0 Å². The molecule has 92 valence electrons. The molecule has 1 N–H and O–H groups in total. The third-order valence-electron chi connectivity index (χ3n) is 1.96. The quantitative estimate of drug-likeness (QED) is 0.668. The van der Waals surface area contributed by atoms with Crippen molar-refractivity contribution in [2.75, 3.05) is 0 Å². The molecular formula is C10H6N2O5S. The molecule has 0 saturated carbocycles. The highest BCUT2D eigenvalue weighted by molar-refractivity contribution is 7.99. The summed E-state index contributed by atoms with van der Waals surface area (Å²) in [7, 11) is 0. The first-order chi connectivity index (χ1) is 8.58. The maximum absolute atomic E-state index is 10.8. The number of oxazole rings is 1. The lowest BCUT2D eigenvalue weighted by Crippen LogP contribution is -1.95. The van der Waals surface area contributed by atoms with E-state index in [2.05, 4.69) is 4.98 Å². The lowest BCUT2D eigenvalue weighted by Gasteiger charge is -1.98. The van der Waals surface area contributed by atoms with Gasteiger partial charge in [0.1, 0.15) is 6.26 Å². The summed E-state index contributed by atoms with van der Waals surface area (Å²) < 4.78 is 4.91. The summed E-state index contributed by atoms with van der Waals surface area (Å²) in [5.74, 6) is -1.21. The van der Waals surface area contributed by atoms with Crippen LogP contribution in [0.15, 0.2) is 45.1 Å². The second-order valence-corrected chi connectivity index (χ2v) is 4.12. The van der Waals surface area contributed by atoms with Crippen molar-refractivity contribution in [3.8, 4) is 0 Å². The van der Waals surface area contributed by atoms with Crippen LogP contribution in [-0.4, -0.2) is 21.0 Å². The Bertz CT molecular complexity index is 610. The Morgan fingerprint density at radius 1 is 1.44 bits per heavy atom. The number of benzene rings is 1. The van der Waals surface area contributed by atoms with Gasteiger partial charge in [-0.1, -0.05) is 12.1 Å². The molecule has 0 amide bonds. The van der Waals surface area contributed by atoms with Crippen molar-refractivity contribution >= 4 is 23.4 Å². The van der Waals surface area contributed by atoms with Crippen LogP contribution in [0.1, 0.15) is 10.5 Å². The zero-order valence-corrected chi connectivity index (χ0v) is 9.59. The van der Waals surface area contributed by atoms with Gasteiger partial charge in [0.05, 0.1) is 9.82 Å². The van der Waals surface area contributed by atoms with Gasteiger partial charge in [-0.3, -0.25) is 10.1 Å². The number of carboxylic acid groups (broad SMARTS) is 1. The Morgan fingerprint density at radius 3 is 2.78 bits per heavy atom. The molecule has 0 spiro atoms. The Hall–Kier alpha value is -2.35. The summed E-state index contributed by atoms with van der Waals surface area (Å²) in [5.41, 5.74) is -0.325. The van der Waals surface area contributed by atoms with E-state index in [4.69, 9.17) is 9.52 Å². The fraction of sp³-hybridized carbons (Fsp3) is 0. The SMILES string of the molecule is O=C(O)c1coc(Sc2ccccc2[N+](=O)[O-])n1. The van der Waals surface area contributed by atoms with Crippen molar-refractivity contribution in [3.63, 3.8) is 0 Å². The predicted molar refractivity (Wildman–Crippen MR) is 60.7 cm³/mol. The molecular weight excluding hydrogens is 260 g/mol. The molecule has 7 nitrogen and oxygen atoms in total. The van der Waals surface area contributed by atoms with E-state index < -0.39 is 10.9 Å². The van der Waals surface area contributed by atoms with Crippen LogP contribution in [-0.2, 0) is 0 Å². The third-order valence-corrected chi connectivity index (χ3v) is 2.89. The highest BCUT2D eigenvalue weighted by Gasteiger charge is 2.17. The molecule has 0 unspecified atom stereocenters. The van der Waals surface area contributed by atoms with E-state index in [1.165, 1.54) is 12.1 Å². The molecule has 0 bridgehead atoms. The maximum atomic E-state index is 10.8. The summed E-state index contributed by atoms with van der Waals surface area (Å²) in [6, 6.07) is 6.06. The summed E-state index contributed by atoms with van der Waals surface area (Å²) in [4.78, 5) is 24.9. The highest BCUT2D eigenvalue weighted by atomic mass is 32.2. The fourth-order valence-electron chi connectivity index (χ4n) is 1.19. The number of hydrogen-bond donors (Lipinski definition) is 1. The van der Waals surface area contributed by atoms with E-state index in [9.17, 15) is 14.9 Å². The molecule has 1 aromatic carbocycles. The highest BCUT2D eigenvalue weighted by Crippen LogP contribution is 2.33. The number of nitro benzene ring substituents is 1. The van der Waals surface area contributed by atoms with Gasteiger partial charge in [0.25, 0.3) is 10.9 Å². The van der Waals surface area contributed by atoms with Crippen LogP contribution in [0.25, 0.3) is 0 Å². The Kier molecular flexibility index (Phi) is 3.28. The molecule has 1 aromatic heterocycles. The largest absolute Gasteiger partial charge is 0.476 e. The second kappa shape index (κ2) is 4.88. The van der Waals surface area contributed by atoms with E-state index in [0.29, 0.717) is 4.90 Å². The molecule has 0 aliphatic heterocycles. The van der Waals surface area contributed by atoms with Crippen molar-refractivity contribution in [3.05, 3.63) is 46.3 Å². The molecule has 0 aliphatic rings. The number of carbonyl (C=O) groups is 1. The van der Waals surface area contributed by atoms with E-state index in [1.807, 2.05) is 0 Å². The molecule has 18 heavy (non-hydrogen) atoms. The van der Waals surface area contributed by atoms with Crippen molar-refractivity contribution in [2.45, 2.75) is 10.1 Å². The molecule has 0 atom stereocenters. The van der Waals surface area contributed by atoms with E-state index in [0.717, 1.165) is 18.0 Å². The van der Waals surface area contributed by atoms with E-state index >= 15 is 0 Å². The lowest BCUT2D eigenvalue weighted by atomic mass is 10.3. The molecule has 1 heterocycles. The maximum Gasteiger partial charge on any atom is 0.357 e. The molecule has 2 aromatic rings. The van der Waals surface area contributed by atoms with Crippen LogP contribution >= 0.6 is 11.8 Å². The van der Waals surface area contributed by atoms with Crippen LogP contribution in [0.2, 0.25) is 0 Å². The first-order valence-electron chi connectivity index (χ1n) is 4.68. The number of hydrogen-bond acceptors (Lipinski definition) is 6. The van der Waals surface area contributed by atoms with Crippen LogP contribution in [0.4, 0.5) is 5.69 Å². The van der Waals surface area contributed by atoms with Crippen molar-refractivity contribution in [1.82, 2.24) is 4.98 Å². The molecule has 0 radical (unpaired) electrons. The van der Waals surface area contributed by atoms with Gasteiger partial charge in [-0.15, -0.1) is 0 Å². The Labute approximate surface area is 105 Å². The predicted octanol–water partition coefficient (Wildman–Crippen LogP) is 2.43. The molecule has 0 saturated heterocycles. The van der Waals surface area contributed by atoms with Crippen LogP contribution < -0.4 is 0 Å². The zero-order valence-electron chi connectivity index (χ0n) is 8.77. The van der Waals surface area contributed by atoms with Gasteiger partial charge in [0, 0.05) is 6.07 Å². The number of para-hydroxylation sites is 1. The summed E-state index contributed by atoms with van der Waals surface area (Å²) in [6.07, 6.45) is 0.986. The third kappa shape index (κ3) is 2.48. The normalized spacial score (nSPS) is 10.2. The average molecular weight is 266 g/mol. The standard InChI is InChI=1S/C10H6N2O5S/c13-9(14)6-5-17-10(11-6)18-8-4-2-1-3-7(8)12(15)16/h1-5H,(H,13,14). The van der Waals surface area contributed by atoms with Gasteiger partial charge in [0.15, 0.2) is 5.69 Å². The topological polar surface area (TPSA) is 106 Å². The van der Waals surface area contributed by atoms with E-state index in [-0.39, 0.29) is 16.6 Å². The smallest absolute Gasteiger partial charge is 0.357 e. The molecule has 0 aliphatic carbocycles. The van der Waals surface area contributed by atoms with Gasteiger partial charge in [-0.25, -0.2) is 4.79 Å². The molecule has 2 rings (SSSR count). The van der Waals surface area contributed by atoms with Gasteiger partial charge in [-0.2, -0.15) is 4.98 Å². The van der Waals surface area contributed by atoms with Crippen molar-refractivity contribution in [2.24, 2.45) is 0 Å². The number of carboxylic acids is 1. The van der Waals surface area contributed by atoms with Gasteiger partial charge in [0.2, 0.25) is 0 Å². The lowest BCUT2D eigenvalue weighted by molar-refractivity contribution is -0.387. The average Bonchev–Trinajstić information content (AvgIpc) is 2.78. The van der Waals surface area contributed by atoms with Crippen LogP contribution in [0.3, 0.4) is 0 Å². The van der Waals surface area contributed by atoms with Crippen molar-refractivity contribution < 1.29 is 19.2 Å². The number of nitrogens with zero attached hydrogens (tertiary/aromatic N) is 2. The fourth-order valence-corrected chi connectivity index (χ4v) is 2.01. The second-order valence-electron chi connectivity index (χ2n) is 3.13. The minimum atomic E-state index is -1.21. The summed E-state index contributed by atoms with van der Waals surface area (Å²) in [6.45, 7) is 0. The van der Waals surface area contributed by atoms with Crippen molar-refractivity contribution in [1.29, 1.82) is 0 Å². The van der Waals surface area contributed by atoms with Gasteiger partial charge in [-0.05, 0) is 17.8 Å². The zero-order chi connectivity index (χ0) is 13.1. The number of rotatable bonds is 4. The van der Waals surface area contributed by atoms with Gasteiger partial charge >= 0.3 is 5.97 Å². The Balaban J connectivity index is 2.28. The first-order valence-corrected chi connectivity index (χ1v) is 5.49. The summed E-state index contributed by atoms with van der Waals surface area (Å²) >= 11 is 0.898. The van der Waals surface area contributed by atoms with E-state index in [1.54, 1.807) is 12.1 Å². The minimum Gasteiger partial charge on any atom is -0.476 e. The monoisotopic (exact) mass is 266 g/mol. The minimum absolute atomic E-state index is 0.0432. The Morgan fingerprint density at radius 2 is 2.17 bits per heavy atom. The van der Waals surface area contributed by atoms with Crippen LogP contribution in [0, 0.1) is 10.1 Å². The number of aromatic nitrogens is 1. The summed E-state index contributed by atoms with van der Waals surface area (Å²) in [5, 5.41) is 19.5. The molecule has 0 fully saturated rings. The molecule has 8 heteroatoms. The number of nitro groups is 1. The van der Waals surface area contributed by atoms with Gasteiger partial charge < -0.3 is 9.52 Å². The first kappa shape index (κ1) is 12.1.